The Balaban J connectivity index is 4.38. The standard InChI is InChI=1S/C41H70NO8P/c1-3-5-7-9-11-13-15-17-19-21-23-25-27-29-31-33-40(43)47-37-39(38-49-51(45,46)48-36-35-42)50-41(44)34-32-30-28-26-24-22-20-18-16-14-12-10-8-6-4-2/h11-14,17-20,23-26,39H,3-10,15-16,21-22,27-38,42H2,1-2H3,(H,45,46)/b13-11+,14-12+,19-17+,20-18+,25-23+,26-24+/t39-/m1/s1. The molecule has 1 unspecified atom stereocenters. The molecule has 2 atom stereocenters. The van der Waals surface area contributed by atoms with Crippen LogP contribution in [-0.4, -0.2) is 49.3 Å². The highest BCUT2D eigenvalue weighted by atomic mass is 31.2. The summed E-state index contributed by atoms with van der Waals surface area (Å²) in [4.78, 5) is 34.7. The van der Waals surface area contributed by atoms with Gasteiger partial charge in [0.15, 0.2) is 6.10 Å². The average Bonchev–Trinajstić information content (AvgIpc) is 3.11. The Morgan fingerprint density at radius 3 is 1.43 bits per heavy atom. The second-order valence-corrected chi connectivity index (χ2v) is 13.9. The van der Waals surface area contributed by atoms with Crippen LogP contribution in [0.5, 0.6) is 0 Å². The summed E-state index contributed by atoms with van der Waals surface area (Å²) in [6, 6.07) is 0. The molecule has 292 valence electrons. The molecule has 0 heterocycles. The van der Waals surface area contributed by atoms with Crippen LogP contribution in [-0.2, 0) is 32.7 Å². The van der Waals surface area contributed by atoms with E-state index in [1.165, 1.54) is 38.5 Å². The van der Waals surface area contributed by atoms with Gasteiger partial charge in [-0.05, 0) is 89.9 Å². The van der Waals surface area contributed by atoms with Crippen LogP contribution in [0.4, 0.5) is 0 Å². The maximum atomic E-state index is 12.5. The highest BCUT2D eigenvalue weighted by molar-refractivity contribution is 7.47. The van der Waals surface area contributed by atoms with E-state index < -0.39 is 32.5 Å². The zero-order valence-corrected chi connectivity index (χ0v) is 32.7. The first-order valence-corrected chi connectivity index (χ1v) is 20.9. The van der Waals surface area contributed by atoms with Crippen molar-refractivity contribution in [1.29, 1.82) is 0 Å². The number of hydrogen-bond donors (Lipinski definition) is 2. The molecule has 0 bridgehead atoms. The van der Waals surface area contributed by atoms with E-state index in [0.717, 1.165) is 64.2 Å². The summed E-state index contributed by atoms with van der Waals surface area (Å²) in [5.41, 5.74) is 5.33. The Kier molecular flexibility index (Phi) is 35.4. The van der Waals surface area contributed by atoms with Crippen molar-refractivity contribution < 1.29 is 37.6 Å². The molecule has 0 aromatic rings. The fourth-order valence-electron chi connectivity index (χ4n) is 4.64. The molecule has 0 aromatic heterocycles. The third kappa shape index (κ3) is 37.0. The minimum absolute atomic E-state index is 0.0383. The molecule has 0 spiro atoms. The molecule has 10 heteroatoms. The maximum absolute atomic E-state index is 12.5. The van der Waals surface area contributed by atoms with E-state index in [9.17, 15) is 19.0 Å². The van der Waals surface area contributed by atoms with Gasteiger partial charge in [-0.25, -0.2) is 4.57 Å². The van der Waals surface area contributed by atoms with Crippen molar-refractivity contribution in [3.8, 4) is 0 Å². The summed E-state index contributed by atoms with van der Waals surface area (Å²) in [7, 11) is -4.39. The van der Waals surface area contributed by atoms with Crippen molar-refractivity contribution in [3.63, 3.8) is 0 Å². The molecule has 51 heavy (non-hydrogen) atoms. The lowest BCUT2D eigenvalue weighted by molar-refractivity contribution is -0.161. The molecular weight excluding hydrogens is 665 g/mol. The van der Waals surface area contributed by atoms with Gasteiger partial charge in [0.2, 0.25) is 0 Å². The summed E-state index contributed by atoms with van der Waals surface area (Å²) >= 11 is 0. The number of unbranched alkanes of at least 4 members (excludes halogenated alkanes) is 10. The van der Waals surface area contributed by atoms with Crippen LogP contribution >= 0.6 is 7.82 Å². The number of carbonyl (C=O) groups excluding carboxylic acids is 2. The summed E-state index contributed by atoms with van der Waals surface area (Å²) in [6.07, 6.45) is 43.6. The van der Waals surface area contributed by atoms with Crippen LogP contribution in [0.1, 0.15) is 142 Å². The number of hydrogen-bond acceptors (Lipinski definition) is 8. The second-order valence-electron chi connectivity index (χ2n) is 12.4. The van der Waals surface area contributed by atoms with E-state index in [-0.39, 0.29) is 32.6 Å². The van der Waals surface area contributed by atoms with Crippen LogP contribution in [0, 0.1) is 0 Å². The minimum atomic E-state index is -4.39. The van der Waals surface area contributed by atoms with E-state index in [1.807, 2.05) is 0 Å². The molecular formula is C41H70NO8P. The number of rotatable bonds is 35. The van der Waals surface area contributed by atoms with E-state index in [4.69, 9.17) is 24.3 Å². The largest absolute Gasteiger partial charge is 0.472 e. The van der Waals surface area contributed by atoms with Gasteiger partial charge < -0.3 is 20.1 Å². The lowest BCUT2D eigenvalue weighted by Gasteiger charge is -2.19. The van der Waals surface area contributed by atoms with Gasteiger partial charge in [-0.1, -0.05) is 112 Å². The van der Waals surface area contributed by atoms with Crippen LogP contribution in [0.3, 0.4) is 0 Å². The number of phosphoric acid groups is 1. The zero-order valence-electron chi connectivity index (χ0n) is 31.8. The predicted molar refractivity (Wildman–Crippen MR) is 210 cm³/mol. The SMILES string of the molecule is CCCCC/C=C/C/C=C/C/C=C/CCCCC(=O)OC[C@H](COP(=O)(O)OCCN)OC(=O)CCCC/C=C/C/C=C/C/C=C/CCCCC. The summed E-state index contributed by atoms with van der Waals surface area (Å²) in [6.45, 7) is 3.55. The van der Waals surface area contributed by atoms with Crippen molar-refractivity contribution in [3.05, 3.63) is 72.9 Å². The predicted octanol–water partition coefficient (Wildman–Crippen LogP) is 10.7. The molecule has 0 amide bonds. The van der Waals surface area contributed by atoms with Gasteiger partial charge in [0.25, 0.3) is 0 Å². The van der Waals surface area contributed by atoms with Gasteiger partial charge in [-0.3, -0.25) is 18.6 Å². The number of allylic oxidation sites excluding steroid dienone is 12. The number of ether oxygens (including phenoxy) is 2. The smallest absolute Gasteiger partial charge is 0.462 e. The molecule has 0 radical (unpaired) electrons. The quantitative estimate of drug-likeness (QED) is 0.0282. The van der Waals surface area contributed by atoms with Gasteiger partial charge in [-0.2, -0.15) is 0 Å². The van der Waals surface area contributed by atoms with Gasteiger partial charge in [0.05, 0.1) is 13.2 Å². The monoisotopic (exact) mass is 735 g/mol. The number of esters is 2. The lowest BCUT2D eigenvalue weighted by Crippen LogP contribution is -2.29. The summed E-state index contributed by atoms with van der Waals surface area (Å²) in [5, 5.41) is 0. The van der Waals surface area contributed by atoms with E-state index in [0.29, 0.717) is 12.8 Å². The zero-order chi connectivity index (χ0) is 37.5. The Hall–Kier alpha value is -2.55. The molecule has 0 saturated heterocycles. The van der Waals surface area contributed by atoms with Gasteiger partial charge in [-0.15, -0.1) is 0 Å². The van der Waals surface area contributed by atoms with E-state index in [2.05, 4.69) is 86.8 Å². The number of phosphoric ester groups is 1. The summed E-state index contributed by atoms with van der Waals surface area (Å²) < 4.78 is 32.6. The van der Waals surface area contributed by atoms with Crippen molar-refractivity contribution in [2.75, 3.05) is 26.4 Å². The number of carbonyl (C=O) groups is 2. The van der Waals surface area contributed by atoms with Gasteiger partial charge >= 0.3 is 19.8 Å². The Morgan fingerprint density at radius 1 is 0.588 bits per heavy atom. The Morgan fingerprint density at radius 2 is 1.00 bits per heavy atom. The van der Waals surface area contributed by atoms with E-state index >= 15 is 0 Å². The van der Waals surface area contributed by atoms with Crippen LogP contribution in [0.15, 0.2) is 72.9 Å². The molecule has 0 aliphatic heterocycles. The molecule has 0 rings (SSSR count). The molecule has 9 nitrogen and oxygen atoms in total. The average molecular weight is 736 g/mol. The summed E-state index contributed by atoms with van der Waals surface area (Å²) in [5.74, 6) is -0.928. The molecule has 3 N–H and O–H groups in total. The van der Waals surface area contributed by atoms with Crippen molar-refractivity contribution >= 4 is 19.8 Å². The fourth-order valence-corrected chi connectivity index (χ4v) is 5.41. The Labute approximate surface area is 310 Å². The first-order chi connectivity index (χ1) is 24.8. The van der Waals surface area contributed by atoms with Crippen LogP contribution in [0.25, 0.3) is 0 Å². The normalized spacial score (nSPS) is 14.2. The third-order valence-electron chi connectivity index (χ3n) is 7.56. The topological polar surface area (TPSA) is 134 Å². The van der Waals surface area contributed by atoms with Crippen molar-refractivity contribution in [2.45, 2.75) is 148 Å². The highest BCUT2D eigenvalue weighted by Crippen LogP contribution is 2.43. The van der Waals surface area contributed by atoms with E-state index in [1.54, 1.807) is 0 Å². The van der Waals surface area contributed by atoms with Crippen molar-refractivity contribution in [2.24, 2.45) is 5.73 Å². The van der Waals surface area contributed by atoms with Crippen molar-refractivity contribution in [1.82, 2.24) is 0 Å². The van der Waals surface area contributed by atoms with Crippen LogP contribution in [0.2, 0.25) is 0 Å². The molecule has 0 fully saturated rings. The lowest BCUT2D eigenvalue weighted by atomic mass is 10.1. The number of nitrogens with two attached hydrogens (primary N) is 1. The van der Waals surface area contributed by atoms with Crippen LogP contribution < -0.4 is 5.73 Å². The molecule has 0 aliphatic rings. The maximum Gasteiger partial charge on any atom is 0.472 e. The second kappa shape index (κ2) is 37.2. The first kappa shape index (κ1) is 48.5. The highest BCUT2D eigenvalue weighted by Gasteiger charge is 2.25. The fraction of sp³-hybridized carbons (Fsp3) is 0.659. The first-order valence-electron chi connectivity index (χ1n) is 19.4. The minimum Gasteiger partial charge on any atom is -0.462 e. The van der Waals surface area contributed by atoms with Gasteiger partial charge in [0.1, 0.15) is 6.61 Å². The molecule has 0 saturated carbocycles. The third-order valence-corrected chi connectivity index (χ3v) is 8.55. The molecule has 0 aromatic carbocycles. The Bertz CT molecular complexity index is 1070. The van der Waals surface area contributed by atoms with Gasteiger partial charge in [0, 0.05) is 19.4 Å². The molecule has 0 aliphatic carbocycles.